The summed E-state index contributed by atoms with van der Waals surface area (Å²) in [6, 6.07) is 2.18. The Morgan fingerprint density at radius 1 is 1.33 bits per heavy atom. The molecule has 100 valence electrons. The lowest BCUT2D eigenvalue weighted by molar-refractivity contribution is 0.325. The van der Waals surface area contributed by atoms with Crippen LogP contribution in [0.3, 0.4) is 0 Å². The summed E-state index contributed by atoms with van der Waals surface area (Å²) in [5.74, 6) is 0. The third-order valence-corrected chi connectivity index (χ3v) is 4.00. The van der Waals surface area contributed by atoms with Gasteiger partial charge in [0.1, 0.15) is 0 Å². The van der Waals surface area contributed by atoms with Gasteiger partial charge in [-0.3, -0.25) is 4.98 Å². The molecule has 0 atom stereocenters. The summed E-state index contributed by atoms with van der Waals surface area (Å²) in [5.41, 5.74) is 9.84. The Morgan fingerprint density at radius 2 is 2.11 bits per heavy atom. The van der Waals surface area contributed by atoms with Gasteiger partial charge < -0.3 is 10.6 Å². The molecule has 2 N–H and O–H groups in total. The fraction of sp³-hybridized carbons (Fsp3) is 0.667. The molecule has 1 aromatic rings. The number of nitrogens with two attached hydrogens (primary N) is 1. The highest BCUT2D eigenvalue weighted by Crippen LogP contribution is 2.32. The number of aryl methyl sites for hydroxylation is 1. The van der Waals surface area contributed by atoms with Crippen molar-refractivity contribution in [2.75, 3.05) is 18.0 Å². The van der Waals surface area contributed by atoms with Gasteiger partial charge in [0.25, 0.3) is 0 Å². The average molecular weight is 247 g/mol. The second kappa shape index (κ2) is 5.27. The largest absolute Gasteiger partial charge is 0.371 e. The molecule has 0 aromatic carbocycles. The predicted molar refractivity (Wildman–Crippen MR) is 76.7 cm³/mol. The SMILES string of the molecule is Cc1cc(N2CCCC(C)(C)CC2)c(CN)cn1. The van der Waals surface area contributed by atoms with Gasteiger partial charge in [0.2, 0.25) is 0 Å². The van der Waals surface area contributed by atoms with Gasteiger partial charge in [-0.1, -0.05) is 13.8 Å². The maximum atomic E-state index is 5.83. The number of pyridine rings is 1. The van der Waals surface area contributed by atoms with Crippen molar-refractivity contribution in [3.05, 3.63) is 23.5 Å². The van der Waals surface area contributed by atoms with Gasteiger partial charge >= 0.3 is 0 Å². The molecular weight excluding hydrogens is 222 g/mol. The summed E-state index contributed by atoms with van der Waals surface area (Å²) in [4.78, 5) is 6.84. The molecule has 0 spiro atoms. The zero-order chi connectivity index (χ0) is 13.2. The number of hydrogen-bond acceptors (Lipinski definition) is 3. The van der Waals surface area contributed by atoms with Crippen molar-refractivity contribution in [3.63, 3.8) is 0 Å². The standard InChI is InChI=1S/C15H25N3/c1-12-9-14(13(10-16)11-17-12)18-7-4-5-15(2,3)6-8-18/h9,11H,4-8,10,16H2,1-3H3. The van der Waals surface area contributed by atoms with Crippen LogP contribution in [-0.4, -0.2) is 18.1 Å². The molecule has 0 aliphatic carbocycles. The Balaban J connectivity index is 2.23. The van der Waals surface area contributed by atoms with E-state index >= 15 is 0 Å². The second-order valence-corrected chi connectivity index (χ2v) is 6.16. The van der Waals surface area contributed by atoms with Crippen LogP contribution in [0.5, 0.6) is 0 Å². The van der Waals surface area contributed by atoms with Gasteiger partial charge in [-0.25, -0.2) is 0 Å². The van der Waals surface area contributed by atoms with Crippen LogP contribution in [0.1, 0.15) is 44.4 Å². The van der Waals surface area contributed by atoms with E-state index in [9.17, 15) is 0 Å². The Labute approximate surface area is 110 Å². The molecule has 0 saturated carbocycles. The first kappa shape index (κ1) is 13.3. The first-order valence-electron chi connectivity index (χ1n) is 6.92. The second-order valence-electron chi connectivity index (χ2n) is 6.16. The first-order valence-corrected chi connectivity index (χ1v) is 6.92. The molecule has 3 heteroatoms. The van der Waals surface area contributed by atoms with Gasteiger partial charge in [-0.05, 0) is 37.7 Å². The molecule has 3 nitrogen and oxygen atoms in total. The molecule has 1 aromatic heterocycles. The Morgan fingerprint density at radius 3 is 2.83 bits per heavy atom. The topological polar surface area (TPSA) is 42.1 Å². The van der Waals surface area contributed by atoms with Crippen LogP contribution >= 0.6 is 0 Å². The molecule has 18 heavy (non-hydrogen) atoms. The van der Waals surface area contributed by atoms with Gasteiger partial charge in [-0.15, -0.1) is 0 Å². The van der Waals surface area contributed by atoms with E-state index in [1.807, 2.05) is 13.1 Å². The molecule has 1 saturated heterocycles. The summed E-state index contributed by atoms with van der Waals surface area (Å²) < 4.78 is 0. The summed E-state index contributed by atoms with van der Waals surface area (Å²) in [5, 5.41) is 0. The summed E-state index contributed by atoms with van der Waals surface area (Å²) in [7, 11) is 0. The highest BCUT2D eigenvalue weighted by Gasteiger charge is 2.24. The molecule has 1 fully saturated rings. The average Bonchev–Trinajstić information content (AvgIpc) is 2.50. The van der Waals surface area contributed by atoms with Crippen molar-refractivity contribution in [1.82, 2.24) is 4.98 Å². The van der Waals surface area contributed by atoms with Crippen molar-refractivity contribution in [3.8, 4) is 0 Å². The summed E-state index contributed by atoms with van der Waals surface area (Å²) in [6.07, 6.45) is 5.75. The van der Waals surface area contributed by atoms with Crippen LogP contribution in [0.4, 0.5) is 5.69 Å². The molecule has 2 rings (SSSR count). The van der Waals surface area contributed by atoms with Gasteiger partial charge in [0, 0.05) is 42.8 Å². The van der Waals surface area contributed by atoms with Crippen molar-refractivity contribution in [1.29, 1.82) is 0 Å². The number of hydrogen-bond donors (Lipinski definition) is 1. The quantitative estimate of drug-likeness (QED) is 0.873. The Bertz CT molecular complexity index is 412. The van der Waals surface area contributed by atoms with Gasteiger partial charge in [0.15, 0.2) is 0 Å². The third kappa shape index (κ3) is 3.02. The van der Waals surface area contributed by atoms with E-state index in [1.54, 1.807) is 0 Å². The lowest BCUT2D eigenvalue weighted by atomic mass is 9.85. The smallest absolute Gasteiger partial charge is 0.0445 e. The summed E-state index contributed by atoms with van der Waals surface area (Å²) >= 11 is 0. The highest BCUT2D eigenvalue weighted by molar-refractivity contribution is 5.53. The molecule has 1 aliphatic rings. The molecule has 2 heterocycles. The van der Waals surface area contributed by atoms with E-state index in [0.29, 0.717) is 12.0 Å². The van der Waals surface area contributed by atoms with E-state index in [1.165, 1.54) is 30.5 Å². The fourth-order valence-corrected chi connectivity index (χ4v) is 2.69. The summed E-state index contributed by atoms with van der Waals surface area (Å²) in [6.45, 7) is 9.63. The molecule has 0 radical (unpaired) electrons. The van der Waals surface area contributed by atoms with E-state index in [2.05, 4.69) is 29.8 Å². The molecule has 0 unspecified atom stereocenters. The van der Waals surface area contributed by atoms with Crippen LogP contribution in [0, 0.1) is 12.3 Å². The molecular formula is C15H25N3. The lowest BCUT2D eigenvalue weighted by Crippen LogP contribution is -2.26. The fourth-order valence-electron chi connectivity index (χ4n) is 2.69. The maximum Gasteiger partial charge on any atom is 0.0445 e. The van der Waals surface area contributed by atoms with Crippen LogP contribution in [0.15, 0.2) is 12.3 Å². The first-order chi connectivity index (χ1) is 8.52. The number of nitrogens with zero attached hydrogens (tertiary/aromatic N) is 2. The van der Waals surface area contributed by atoms with E-state index < -0.39 is 0 Å². The van der Waals surface area contributed by atoms with E-state index in [-0.39, 0.29) is 0 Å². The Kier molecular flexibility index (Phi) is 3.91. The third-order valence-electron chi connectivity index (χ3n) is 4.00. The zero-order valence-corrected chi connectivity index (χ0v) is 11.9. The molecule has 0 bridgehead atoms. The van der Waals surface area contributed by atoms with Crippen LogP contribution in [0.2, 0.25) is 0 Å². The minimum Gasteiger partial charge on any atom is -0.371 e. The maximum absolute atomic E-state index is 5.83. The van der Waals surface area contributed by atoms with Crippen LogP contribution in [0.25, 0.3) is 0 Å². The minimum absolute atomic E-state index is 0.472. The number of rotatable bonds is 2. The van der Waals surface area contributed by atoms with E-state index in [4.69, 9.17) is 5.73 Å². The molecule has 0 amide bonds. The lowest BCUT2D eigenvalue weighted by Gasteiger charge is -2.26. The number of aromatic nitrogens is 1. The molecule has 1 aliphatic heterocycles. The van der Waals surface area contributed by atoms with Crippen LogP contribution in [-0.2, 0) is 6.54 Å². The normalized spacial score (nSPS) is 19.7. The van der Waals surface area contributed by atoms with E-state index in [0.717, 1.165) is 18.8 Å². The van der Waals surface area contributed by atoms with Crippen molar-refractivity contribution in [2.24, 2.45) is 11.1 Å². The van der Waals surface area contributed by atoms with Crippen LogP contribution < -0.4 is 10.6 Å². The monoisotopic (exact) mass is 247 g/mol. The van der Waals surface area contributed by atoms with Gasteiger partial charge in [-0.2, -0.15) is 0 Å². The highest BCUT2D eigenvalue weighted by atomic mass is 15.1. The number of anilines is 1. The van der Waals surface area contributed by atoms with Crippen molar-refractivity contribution < 1.29 is 0 Å². The zero-order valence-electron chi connectivity index (χ0n) is 11.9. The minimum atomic E-state index is 0.472. The van der Waals surface area contributed by atoms with Crippen molar-refractivity contribution >= 4 is 5.69 Å². The Hall–Kier alpha value is -1.09. The predicted octanol–water partition coefficient (Wildman–Crippen LogP) is 2.87. The van der Waals surface area contributed by atoms with Crippen molar-refractivity contribution in [2.45, 2.75) is 46.6 Å². The van der Waals surface area contributed by atoms with Gasteiger partial charge in [0.05, 0.1) is 0 Å².